The van der Waals surface area contributed by atoms with Crippen LogP contribution in [0.25, 0.3) is 0 Å². The minimum Gasteiger partial charge on any atom is -0.434 e. The summed E-state index contributed by atoms with van der Waals surface area (Å²) >= 11 is 0. The van der Waals surface area contributed by atoms with Gasteiger partial charge >= 0.3 is 6.16 Å². The van der Waals surface area contributed by atoms with Gasteiger partial charge in [-0.05, 0) is 11.8 Å². The lowest BCUT2D eigenvalue weighted by Gasteiger charge is -2.30. The monoisotopic (exact) mass is 462 g/mol. The van der Waals surface area contributed by atoms with E-state index < -0.39 is 38.5 Å². The van der Waals surface area contributed by atoms with Crippen molar-refractivity contribution in [2.24, 2.45) is 11.8 Å². The van der Waals surface area contributed by atoms with Crippen LogP contribution in [-0.4, -0.2) is 51.7 Å². The van der Waals surface area contributed by atoms with Crippen molar-refractivity contribution in [2.45, 2.75) is 103 Å². The molecule has 0 amide bonds. The standard InChI is InChI=1S/C21H50O3Si4/c1-25(2,3)15-19(16-26(4,5)6)13-23-21(22)24-14-20(17-27(7,8)9)18-28(10,11)12/h19-20H,13-18H2,1-12H3. The summed E-state index contributed by atoms with van der Waals surface area (Å²) < 4.78 is 11.2. The smallest absolute Gasteiger partial charge is 0.434 e. The van der Waals surface area contributed by atoms with Gasteiger partial charge in [0, 0.05) is 32.3 Å². The van der Waals surface area contributed by atoms with Crippen LogP contribution in [0.1, 0.15) is 0 Å². The molecule has 0 fully saturated rings. The van der Waals surface area contributed by atoms with Crippen LogP contribution in [0.4, 0.5) is 4.79 Å². The highest BCUT2D eigenvalue weighted by Gasteiger charge is 2.29. The van der Waals surface area contributed by atoms with Crippen LogP contribution >= 0.6 is 0 Å². The number of carbonyl (C=O) groups excluding carboxylic acids is 1. The Balaban J connectivity index is 4.72. The zero-order valence-corrected chi connectivity index (χ0v) is 25.1. The van der Waals surface area contributed by atoms with E-state index in [4.69, 9.17) is 9.47 Å². The number of hydrogen-bond donors (Lipinski definition) is 0. The second kappa shape index (κ2) is 11.0. The molecule has 0 spiro atoms. The Bertz CT molecular complexity index is 394. The molecule has 0 N–H and O–H groups in total. The normalized spacial score (nSPS) is 13.9. The molecule has 0 bridgehead atoms. The average molecular weight is 463 g/mol. The molecule has 7 heteroatoms. The quantitative estimate of drug-likeness (QED) is 0.220. The van der Waals surface area contributed by atoms with Crippen molar-refractivity contribution in [3.05, 3.63) is 0 Å². The molecule has 0 aromatic heterocycles. The van der Waals surface area contributed by atoms with E-state index in [2.05, 4.69) is 78.6 Å². The van der Waals surface area contributed by atoms with Crippen LogP contribution in [0.2, 0.25) is 103 Å². The second-order valence-electron chi connectivity index (χ2n) is 13.7. The van der Waals surface area contributed by atoms with Gasteiger partial charge in [0.1, 0.15) is 0 Å². The van der Waals surface area contributed by atoms with Gasteiger partial charge in [-0.25, -0.2) is 4.79 Å². The van der Waals surface area contributed by atoms with Gasteiger partial charge in [-0.15, -0.1) is 0 Å². The molecule has 0 aliphatic carbocycles. The summed E-state index contributed by atoms with van der Waals surface area (Å²) in [7, 11) is -4.73. The van der Waals surface area contributed by atoms with E-state index in [1.54, 1.807) is 0 Å². The third kappa shape index (κ3) is 18.2. The molecule has 168 valence electrons. The Kier molecular flexibility index (Phi) is 11.0. The highest BCUT2D eigenvalue weighted by molar-refractivity contribution is 6.78. The van der Waals surface area contributed by atoms with Crippen molar-refractivity contribution in [3.63, 3.8) is 0 Å². The first kappa shape index (κ1) is 28.1. The van der Waals surface area contributed by atoms with Crippen molar-refractivity contribution in [1.29, 1.82) is 0 Å². The molecule has 0 saturated heterocycles. The molecule has 0 unspecified atom stereocenters. The van der Waals surface area contributed by atoms with E-state index >= 15 is 0 Å². The number of ether oxygens (including phenoxy) is 2. The van der Waals surface area contributed by atoms with E-state index in [1.165, 1.54) is 24.2 Å². The first-order valence-corrected chi connectivity index (χ1v) is 25.9. The lowest BCUT2D eigenvalue weighted by molar-refractivity contribution is 0.0400. The van der Waals surface area contributed by atoms with Crippen LogP contribution in [-0.2, 0) is 9.47 Å². The van der Waals surface area contributed by atoms with E-state index in [0.29, 0.717) is 25.0 Å². The Hall–Kier alpha value is 0.138. The minimum atomic E-state index is -1.18. The fraction of sp³-hybridized carbons (Fsp3) is 0.952. The van der Waals surface area contributed by atoms with Gasteiger partial charge in [0.25, 0.3) is 0 Å². The molecule has 28 heavy (non-hydrogen) atoms. The Morgan fingerprint density at radius 3 is 0.929 bits per heavy atom. The maximum Gasteiger partial charge on any atom is 0.508 e. The molecule has 0 aliphatic rings. The summed E-state index contributed by atoms with van der Waals surface area (Å²) in [5, 5.41) is 0. The molecule has 0 aromatic carbocycles. The minimum absolute atomic E-state index is 0.452. The third-order valence-electron chi connectivity index (χ3n) is 4.48. The summed E-state index contributed by atoms with van der Waals surface area (Å²) in [5.41, 5.74) is 0. The molecule has 0 radical (unpaired) electrons. The third-order valence-corrected chi connectivity index (χ3v) is 11.7. The van der Waals surface area contributed by atoms with Gasteiger partial charge in [-0.2, -0.15) is 0 Å². The van der Waals surface area contributed by atoms with E-state index in [9.17, 15) is 4.79 Å². The highest BCUT2D eigenvalue weighted by atomic mass is 28.3. The fourth-order valence-corrected chi connectivity index (χ4v) is 12.8. The summed E-state index contributed by atoms with van der Waals surface area (Å²) in [5.74, 6) is 0.983. The second-order valence-corrected chi connectivity index (χ2v) is 35.8. The van der Waals surface area contributed by atoms with Crippen molar-refractivity contribution in [1.82, 2.24) is 0 Å². The molecule has 0 rings (SSSR count). The predicted octanol–water partition coefficient (Wildman–Crippen LogP) is 7.72. The molecule has 0 aromatic rings. The number of rotatable bonds is 12. The first-order valence-electron chi connectivity index (χ1n) is 11.1. The topological polar surface area (TPSA) is 35.5 Å². The van der Waals surface area contributed by atoms with Crippen molar-refractivity contribution < 1.29 is 14.3 Å². The molecule has 3 nitrogen and oxygen atoms in total. The van der Waals surface area contributed by atoms with Gasteiger partial charge in [-0.1, -0.05) is 103 Å². The van der Waals surface area contributed by atoms with Crippen LogP contribution in [0.15, 0.2) is 0 Å². The summed E-state index contributed by atoms with van der Waals surface area (Å²) in [6.45, 7) is 29.9. The van der Waals surface area contributed by atoms with Crippen molar-refractivity contribution in [2.75, 3.05) is 13.2 Å². The van der Waals surface area contributed by atoms with Crippen LogP contribution in [0, 0.1) is 11.8 Å². The summed E-state index contributed by atoms with van der Waals surface area (Å²) in [6, 6.07) is 4.88. The van der Waals surface area contributed by atoms with Crippen molar-refractivity contribution in [3.8, 4) is 0 Å². The van der Waals surface area contributed by atoms with Gasteiger partial charge < -0.3 is 9.47 Å². The van der Waals surface area contributed by atoms with Gasteiger partial charge in [0.05, 0.1) is 13.2 Å². The molecular weight excluding hydrogens is 413 g/mol. The van der Waals surface area contributed by atoms with Gasteiger partial charge in [0.2, 0.25) is 0 Å². The van der Waals surface area contributed by atoms with E-state index in [0.717, 1.165) is 0 Å². The predicted molar refractivity (Wildman–Crippen MR) is 137 cm³/mol. The maximum absolute atomic E-state index is 12.3. The summed E-state index contributed by atoms with van der Waals surface area (Å²) in [6.07, 6.45) is -0.452. The van der Waals surface area contributed by atoms with E-state index in [1.807, 2.05) is 0 Å². The maximum atomic E-state index is 12.3. The highest BCUT2D eigenvalue weighted by Crippen LogP contribution is 2.28. The Morgan fingerprint density at radius 2 is 0.750 bits per heavy atom. The Morgan fingerprint density at radius 1 is 0.536 bits per heavy atom. The summed E-state index contributed by atoms with van der Waals surface area (Å²) in [4.78, 5) is 12.3. The largest absolute Gasteiger partial charge is 0.508 e. The van der Waals surface area contributed by atoms with Crippen LogP contribution in [0.5, 0.6) is 0 Å². The molecule has 0 aliphatic heterocycles. The Labute approximate surface area is 180 Å². The van der Waals surface area contributed by atoms with Crippen LogP contribution in [0.3, 0.4) is 0 Å². The lowest BCUT2D eigenvalue weighted by atomic mass is 10.2. The lowest BCUT2D eigenvalue weighted by Crippen LogP contribution is -2.34. The van der Waals surface area contributed by atoms with Gasteiger partial charge in [-0.3, -0.25) is 0 Å². The first-order chi connectivity index (χ1) is 12.3. The molecule has 0 saturated carbocycles. The van der Waals surface area contributed by atoms with E-state index in [-0.39, 0.29) is 0 Å². The van der Waals surface area contributed by atoms with Crippen LogP contribution < -0.4 is 0 Å². The molecular formula is C21H50O3Si4. The van der Waals surface area contributed by atoms with Crippen molar-refractivity contribution >= 4 is 38.5 Å². The van der Waals surface area contributed by atoms with Gasteiger partial charge in [0.15, 0.2) is 0 Å². The molecule has 0 heterocycles. The number of carbonyl (C=O) groups is 1. The zero-order valence-electron chi connectivity index (χ0n) is 21.1. The SMILES string of the molecule is C[Si](C)(C)CC(COC(=O)OCC(C[Si](C)(C)C)C[Si](C)(C)C)C[Si](C)(C)C. The zero-order chi connectivity index (χ0) is 22.4. The number of hydrogen-bond acceptors (Lipinski definition) is 3. The average Bonchev–Trinajstić information content (AvgIpc) is 2.35. The molecule has 0 atom stereocenters. The fourth-order valence-electron chi connectivity index (χ4n) is 4.26.